The molecule has 0 aromatic heterocycles. The van der Waals surface area contributed by atoms with E-state index in [-0.39, 0.29) is 31.1 Å². The predicted octanol–water partition coefficient (Wildman–Crippen LogP) is 20.1. The monoisotopic (exact) mass is 987 g/mol. The molecule has 0 aromatic rings. The van der Waals surface area contributed by atoms with Crippen LogP contribution in [0.5, 0.6) is 0 Å². The highest BCUT2D eigenvalue weighted by Gasteiger charge is 2.19. The highest BCUT2D eigenvalue weighted by Crippen LogP contribution is 2.15. The van der Waals surface area contributed by atoms with Crippen LogP contribution in [0.3, 0.4) is 0 Å². The van der Waals surface area contributed by atoms with Crippen molar-refractivity contribution >= 4 is 17.9 Å². The van der Waals surface area contributed by atoms with Gasteiger partial charge in [0.05, 0.1) is 0 Å². The zero-order valence-electron chi connectivity index (χ0n) is 46.5. The number of rotatable bonds is 53. The average molecular weight is 988 g/mol. The van der Waals surface area contributed by atoms with Gasteiger partial charge in [0, 0.05) is 19.3 Å². The SMILES string of the molecule is CC/C=C\C/C=C\C/C=C\CCCCCCCCCC(=O)OC(COC(=O)CCCCCCC/C=C\C/C=C\C/C=C\CC)COC(=O)CCCCCCCCCCC/C=C\C/C=C\CCCCCCC. The van der Waals surface area contributed by atoms with Crippen LogP contribution >= 0.6 is 0 Å². The van der Waals surface area contributed by atoms with Crippen molar-refractivity contribution in [1.29, 1.82) is 0 Å². The summed E-state index contributed by atoms with van der Waals surface area (Å²) in [5.41, 5.74) is 0. The van der Waals surface area contributed by atoms with Crippen LogP contribution in [0.25, 0.3) is 0 Å². The first-order valence-corrected chi connectivity index (χ1v) is 29.7. The summed E-state index contributed by atoms with van der Waals surface area (Å²) in [7, 11) is 0. The maximum atomic E-state index is 12.9. The fourth-order valence-electron chi connectivity index (χ4n) is 8.15. The van der Waals surface area contributed by atoms with Gasteiger partial charge in [-0.2, -0.15) is 0 Å². The topological polar surface area (TPSA) is 78.9 Å². The van der Waals surface area contributed by atoms with Crippen LogP contribution in [0.1, 0.15) is 278 Å². The summed E-state index contributed by atoms with van der Waals surface area (Å²) in [5.74, 6) is -0.916. The molecule has 6 nitrogen and oxygen atoms in total. The second kappa shape index (κ2) is 58.9. The molecule has 0 bridgehead atoms. The van der Waals surface area contributed by atoms with Crippen molar-refractivity contribution in [3.63, 3.8) is 0 Å². The third kappa shape index (κ3) is 57.1. The third-order valence-corrected chi connectivity index (χ3v) is 12.6. The van der Waals surface area contributed by atoms with E-state index >= 15 is 0 Å². The summed E-state index contributed by atoms with van der Waals surface area (Å²) in [6.45, 7) is 6.40. The molecule has 1 atom stereocenters. The number of carbonyl (C=O) groups is 3. The van der Waals surface area contributed by atoms with Gasteiger partial charge in [-0.05, 0) is 116 Å². The lowest BCUT2D eigenvalue weighted by Gasteiger charge is -2.18. The van der Waals surface area contributed by atoms with Gasteiger partial charge in [0.25, 0.3) is 0 Å². The van der Waals surface area contributed by atoms with E-state index in [0.29, 0.717) is 19.3 Å². The lowest BCUT2D eigenvalue weighted by molar-refractivity contribution is -0.167. The first-order chi connectivity index (χ1) is 35.0. The van der Waals surface area contributed by atoms with E-state index in [2.05, 4.69) is 118 Å². The number of hydrogen-bond acceptors (Lipinski definition) is 6. The molecule has 0 N–H and O–H groups in total. The van der Waals surface area contributed by atoms with Crippen molar-refractivity contribution < 1.29 is 28.6 Å². The number of carbonyl (C=O) groups excluding carboxylic acids is 3. The molecule has 0 saturated carbocycles. The van der Waals surface area contributed by atoms with Crippen LogP contribution in [0.2, 0.25) is 0 Å². The molecule has 0 aromatic carbocycles. The second-order valence-electron chi connectivity index (χ2n) is 19.5. The van der Waals surface area contributed by atoms with Gasteiger partial charge < -0.3 is 14.2 Å². The lowest BCUT2D eigenvalue weighted by atomic mass is 10.1. The van der Waals surface area contributed by atoms with Crippen molar-refractivity contribution in [1.82, 2.24) is 0 Å². The summed E-state index contributed by atoms with van der Waals surface area (Å²) in [5, 5.41) is 0. The van der Waals surface area contributed by atoms with Gasteiger partial charge in [0.2, 0.25) is 0 Å². The van der Waals surface area contributed by atoms with E-state index < -0.39 is 6.10 Å². The Kier molecular flexibility index (Phi) is 55.9. The Morgan fingerprint density at radius 1 is 0.296 bits per heavy atom. The zero-order valence-corrected chi connectivity index (χ0v) is 46.5. The van der Waals surface area contributed by atoms with Crippen molar-refractivity contribution in [2.45, 2.75) is 284 Å². The number of esters is 3. The van der Waals surface area contributed by atoms with Gasteiger partial charge in [0.15, 0.2) is 6.10 Å². The minimum atomic E-state index is -0.794. The third-order valence-electron chi connectivity index (χ3n) is 12.6. The lowest BCUT2D eigenvalue weighted by Crippen LogP contribution is -2.30. The van der Waals surface area contributed by atoms with Crippen molar-refractivity contribution in [2.24, 2.45) is 0 Å². The molecule has 0 rings (SSSR count). The molecule has 0 fully saturated rings. The molecule has 406 valence electrons. The molecule has 0 aliphatic heterocycles. The Hall–Kier alpha value is -3.67. The summed E-state index contributed by atoms with van der Waals surface area (Å²) in [4.78, 5) is 38.2. The van der Waals surface area contributed by atoms with Crippen LogP contribution in [0.15, 0.2) is 97.2 Å². The summed E-state index contributed by atoms with van der Waals surface area (Å²) < 4.78 is 16.9. The molecule has 1 unspecified atom stereocenters. The number of ether oxygens (including phenoxy) is 3. The summed E-state index contributed by atoms with van der Waals surface area (Å²) in [6.07, 6.45) is 78.3. The molecule has 0 spiro atoms. The molecule has 0 aliphatic carbocycles. The fourth-order valence-corrected chi connectivity index (χ4v) is 8.15. The van der Waals surface area contributed by atoms with Gasteiger partial charge in [-0.3, -0.25) is 14.4 Å². The largest absolute Gasteiger partial charge is 0.462 e. The summed E-state index contributed by atoms with van der Waals surface area (Å²) >= 11 is 0. The average Bonchev–Trinajstić information content (AvgIpc) is 3.37. The van der Waals surface area contributed by atoms with E-state index in [1.807, 2.05) is 0 Å². The minimum absolute atomic E-state index is 0.0898. The van der Waals surface area contributed by atoms with Crippen molar-refractivity contribution in [2.75, 3.05) is 13.2 Å². The molecule has 0 heterocycles. The highest BCUT2D eigenvalue weighted by atomic mass is 16.6. The summed E-state index contributed by atoms with van der Waals surface area (Å²) in [6, 6.07) is 0. The van der Waals surface area contributed by atoms with Crippen molar-refractivity contribution in [3.05, 3.63) is 97.2 Å². The van der Waals surface area contributed by atoms with Gasteiger partial charge in [-0.25, -0.2) is 0 Å². The van der Waals surface area contributed by atoms with E-state index in [1.165, 1.54) is 109 Å². The standard InChI is InChI=1S/C65H110O6/c1-4-7-10-13-16-19-22-25-28-30-31-32-33-35-37-40-43-46-49-52-55-58-64(67)70-61-62(60-69-63(66)57-54-51-48-45-42-39-36-27-24-21-18-15-12-9-6-3)71-65(68)59-56-53-50-47-44-41-38-34-29-26-23-20-17-14-11-8-5-2/h8-9,11-12,17-18,20-22,25-27,29-31,36,62H,4-7,10,13-16,19,23-24,28,32-35,37-61H2,1-3H3/b11-8-,12-9-,20-17-,21-18-,25-22-,29-26-,31-30-,36-27-. The normalized spacial score (nSPS) is 12.8. The number of allylic oxidation sites excluding steroid dienone is 16. The maximum absolute atomic E-state index is 12.9. The second-order valence-corrected chi connectivity index (χ2v) is 19.5. The van der Waals surface area contributed by atoms with Crippen LogP contribution < -0.4 is 0 Å². The molecule has 0 saturated heterocycles. The quantitative estimate of drug-likeness (QED) is 0.0261. The molecule has 0 radical (unpaired) electrons. The molecular weight excluding hydrogens is 877 g/mol. The first-order valence-electron chi connectivity index (χ1n) is 29.7. The Balaban J connectivity index is 4.40. The minimum Gasteiger partial charge on any atom is -0.462 e. The Morgan fingerprint density at radius 2 is 0.549 bits per heavy atom. The van der Waals surface area contributed by atoms with E-state index in [0.717, 1.165) is 128 Å². The maximum Gasteiger partial charge on any atom is 0.306 e. The number of hydrogen-bond donors (Lipinski definition) is 0. The first kappa shape index (κ1) is 67.3. The van der Waals surface area contributed by atoms with Gasteiger partial charge in [-0.15, -0.1) is 0 Å². The predicted molar refractivity (Wildman–Crippen MR) is 307 cm³/mol. The van der Waals surface area contributed by atoms with Crippen LogP contribution in [-0.2, 0) is 28.6 Å². The van der Waals surface area contributed by atoms with Crippen LogP contribution in [-0.4, -0.2) is 37.2 Å². The van der Waals surface area contributed by atoms with Crippen LogP contribution in [0, 0.1) is 0 Å². The Labute approximate surface area is 438 Å². The van der Waals surface area contributed by atoms with E-state index in [4.69, 9.17) is 14.2 Å². The van der Waals surface area contributed by atoms with Crippen LogP contribution in [0.4, 0.5) is 0 Å². The van der Waals surface area contributed by atoms with Crippen molar-refractivity contribution in [3.8, 4) is 0 Å². The number of unbranched alkanes of at least 4 members (excludes halogenated alkanes) is 26. The fraction of sp³-hybridized carbons (Fsp3) is 0.708. The molecule has 0 amide bonds. The molecule has 0 aliphatic rings. The smallest absolute Gasteiger partial charge is 0.306 e. The molecular formula is C65H110O6. The zero-order chi connectivity index (χ0) is 51.4. The van der Waals surface area contributed by atoms with Gasteiger partial charge in [0.1, 0.15) is 13.2 Å². The van der Waals surface area contributed by atoms with E-state index in [1.54, 1.807) is 0 Å². The molecule has 6 heteroatoms. The molecule has 71 heavy (non-hydrogen) atoms. The van der Waals surface area contributed by atoms with Gasteiger partial charge in [-0.1, -0.05) is 240 Å². The Morgan fingerprint density at radius 3 is 0.859 bits per heavy atom. The highest BCUT2D eigenvalue weighted by molar-refractivity contribution is 5.71. The Bertz CT molecular complexity index is 1410. The van der Waals surface area contributed by atoms with E-state index in [9.17, 15) is 14.4 Å². The van der Waals surface area contributed by atoms with Gasteiger partial charge >= 0.3 is 17.9 Å².